The van der Waals surface area contributed by atoms with E-state index in [1.807, 2.05) is 26.0 Å². The second-order valence-electron chi connectivity index (χ2n) is 5.38. The zero-order chi connectivity index (χ0) is 15.6. The third-order valence-corrected chi connectivity index (χ3v) is 3.36. The lowest BCUT2D eigenvalue weighted by Gasteiger charge is -2.27. The van der Waals surface area contributed by atoms with E-state index in [4.69, 9.17) is 15.2 Å². The van der Waals surface area contributed by atoms with Gasteiger partial charge in [0.2, 0.25) is 0 Å². The minimum Gasteiger partial charge on any atom is -0.497 e. The van der Waals surface area contributed by atoms with Gasteiger partial charge in [-0.05, 0) is 18.1 Å². The first-order valence-electron chi connectivity index (χ1n) is 6.84. The summed E-state index contributed by atoms with van der Waals surface area (Å²) in [4.78, 5) is 17.6. The van der Waals surface area contributed by atoms with E-state index < -0.39 is 0 Å². The van der Waals surface area contributed by atoms with Gasteiger partial charge >= 0.3 is 6.03 Å². The second-order valence-corrected chi connectivity index (χ2v) is 5.38. The van der Waals surface area contributed by atoms with Gasteiger partial charge < -0.3 is 20.1 Å². The Hall–Kier alpha value is -2.24. The Bertz CT molecular complexity index is 569. The Labute approximate surface area is 124 Å². The van der Waals surface area contributed by atoms with E-state index in [1.165, 1.54) is 0 Å². The third-order valence-electron chi connectivity index (χ3n) is 3.36. The van der Waals surface area contributed by atoms with Crippen LogP contribution in [-0.4, -0.2) is 37.5 Å². The summed E-state index contributed by atoms with van der Waals surface area (Å²) in [6.45, 7) is 4.68. The first-order chi connectivity index (χ1) is 9.97. The van der Waals surface area contributed by atoms with Crippen molar-refractivity contribution in [3.63, 3.8) is 0 Å². The average molecular weight is 291 g/mol. The minimum absolute atomic E-state index is 0.295. The van der Waals surface area contributed by atoms with E-state index in [9.17, 15) is 4.79 Å². The number of ether oxygens (including phenoxy) is 2. The lowest BCUT2D eigenvalue weighted by molar-refractivity contribution is 0.198. The topological polar surface area (TPSA) is 77.2 Å². The molecule has 0 saturated carbocycles. The SMILES string of the molecule is COc1ccc(C2C(N)=NC(=O)N2CC(C)C)c(OC)c1. The summed E-state index contributed by atoms with van der Waals surface area (Å²) in [5, 5.41) is 0. The molecule has 0 bridgehead atoms. The van der Waals surface area contributed by atoms with Crippen molar-refractivity contribution < 1.29 is 14.3 Å². The number of urea groups is 1. The summed E-state index contributed by atoms with van der Waals surface area (Å²) < 4.78 is 10.6. The van der Waals surface area contributed by atoms with E-state index in [2.05, 4.69) is 4.99 Å². The molecule has 0 spiro atoms. The van der Waals surface area contributed by atoms with Gasteiger partial charge in [0.25, 0.3) is 0 Å². The van der Waals surface area contributed by atoms with Crippen molar-refractivity contribution in [2.75, 3.05) is 20.8 Å². The number of carbonyl (C=O) groups is 1. The van der Waals surface area contributed by atoms with Crippen LogP contribution in [-0.2, 0) is 0 Å². The number of benzene rings is 1. The molecule has 1 aliphatic rings. The van der Waals surface area contributed by atoms with Crippen molar-refractivity contribution in [2.24, 2.45) is 16.6 Å². The van der Waals surface area contributed by atoms with E-state index in [0.29, 0.717) is 29.8 Å². The molecule has 21 heavy (non-hydrogen) atoms. The lowest BCUT2D eigenvalue weighted by atomic mass is 10.0. The van der Waals surface area contributed by atoms with Crippen LogP contribution in [0.25, 0.3) is 0 Å². The van der Waals surface area contributed by atoms with E-state index >= 15 is 0 Å². The van der Waals surface area contributed by atoms with Crippen LogP contribution in [0.3, 0.4) is 0 Å². The molecule has 1 aromatic carbocycles. The van der Waals surface area contributed by atoms with Crippen LogP contribution in [0, 0.1) is 5.92 Å². The molecule has 1 aromatic rings. The van der Waals surface area contributed by atoms with Crippen molar-refractivity contribution in [3.8, 4) is 11.5 Å². The molecule has 2 N–H and O–H groups in total. The molecule has 0 fully saturated rings. The maximum absolute atomic E-state index is 12.0. The Morgan fingerprint density at radius 1 is 1.33 bits per heavy atom. The van der Waals surface area contributed by atoms with E-state index in [0.717, 1.165) is 5.56 Å². The van der Waals surface area contributed by atoms with Gasteiger partial charge in [0, 0.05) is 18.2 Å². The largest absolute Gasteiger partial charge is 0.497 e. The van der Waals surface area contributed by atoms with Gasteiger partial charge in [-0.2, -0.15) is 4.99 Å². The molecule has 6 heteroatoms. The van der Waals surface area contributed by atoms with Gasteiger partial charge in [-0.3, -0.25) is 0 Å². The smallest absolute Gasteiger partial charge is 0.346 e. The summed E-state index contributed by atoms with van der Waals surface area (Å²) in [7, 11) is 3.17. The molecule has 6 nitrogen and oxygen atoms in total. The number of nitrogens with zero attached hydrogens (tertiary/aromatic N) is 2. The summed E-state index contributed by atoms with van der Waals surface area (Å²) in [6.07, 6.45) is 0. The van der Waals surface area contributed by atoms with Crippen LogP contribution in [0.5, 0.6) is 11.5 Å². The van der Waals surface area contributed by atoms with Crippen molar-refractivity contribution in [2.45, 2.75) is 19.9 Å². The number of aliphatic imine (C=N–C) groups is 1. The molecule has 1 atom stereocenters. The number of hydrogen-bond donors (Lipinski definition) is 1. The molecular weight excluding hydrogens is 270 g/mol. The van der Waals surface area contributed by atoms with Crippen molar-refractivity contribution in [3.05, 3.63) is 23.8 Å². The van der Waals surface area contributed by atoms with E-state index in [1.54, 1.807) is 25.2 Å². The van der Waals surface area contributed by atoms with Crippen molar-refractivity contribution in [1.82, 2.24) is 4.90 Å². The molecule has 1 unspecified atom stereocenters. The van der Waals surface area contributed by atoms with Crippen LogP contribution < -0.4 is 15.2 Å². The number of amides is 2. The highest BCUT2D eigenvalue weighted by atomic mass is 16.5. The summed E-state index contributed by atoms with van der Waals surface area (Å²) in [5.41, 5.74) is 6.77. The zero-order valence-electron chi connectivity index (χ0n) is 12.8. The number of methoxy groups -OCH3 is 2. The molecule has 0 saturated heterocycles. The first kappa shape index (κ1) is 15.2. The normalized spacial score (nSPS) is 18.1. The zero-order valence-corrected chi connectivity index (χ0v) is 12.8. The molecule has 1 aliphatic heterocycles. The fourth-order valence-corrected chi connectivity index (χ4v) is 2.45. The number of rotatable bonds is 5. The van der Waals surface area contributed by atoms with Crippen LogP contribution in [0.2, 0.25) is 0 Å². The lowest BCUT2D eigenvalue weighted by Crippen LogP contribution is -2.36. The molecule has 0 aromatic heterocycles. The van der Waals surface area contributed by atoms with Gasteiger partial charge in [0.15, 0.2) is 0 Å². The predicted molar refractivity (Wildman–Crippen MR) is 80.8 cm³/mol. The predicted octanol–water partition coefficient (Wildman–Crippen LogP) is 2.19. The number of hydrogen-bond acceptors (Lipinski definition) is 4. The molecule has 2 amide bonds. The molecular formula is C15H21N3O3. The van der Waals surface area contributed by atoms with Crippen LogP contribution in [0.15, 0.2) is 23.2 Å². The molecule has 1 heterocycles. The average Bonchev–Trinajstić information content (AvgIpc) is 2.72. The van der Waals surface area contributed by atoms with Crippen LogP contribution in [0.1, 0.15) is 25.5 Å². The highest BCUT2D eigenvalue weighted by Gasteiger charge is 2.36. The van der Waals surface area contributed by atoms with Gasteiger partial charge in [0.1, 0.15) is 23.4 Å². The van der Waals surface area contributed by atoms with Crippen LogP contribution >= 0.6 is 0 Å². The third kappa shape index (κ3) is 2.94. The quantitative estimate of drug-likeness (QED) is 0.902. The highest BCUT2D eigenvalue weighted by Crippen LogP contribution is 2.35. The minimum atomic E-state index is -0.388. The Kier molecular flexibility index (Phi) is 4.35. The van der Waals surface area contributed by atoms with Gasteiger partial charge in [0.05, 0.1) is 14.2 Å². The first-order valence-corrected chi connectivity index (χ1v) is 6.84. The Morgan fingerprint density at radius 3 is 2.62 bits per heavy atom. The highest BCUT2D eigenvalue weighted by molar-refractivity contribution is 6.03. The Balaban J connectivity index is 2.42. The maximum atomic E-state index is 12.0. The number of carbonyl (C=O) groups excluding carboxylic acids is 1. The maximum Gasteiger partial charge on any atom is 0.346 e. The fourth-order valence-electron chi connectivity index (χ4n) is 2.45. The van der Waals surface area contributed by atoms with Crippen molar-refractivity contribution >= 4 is 11.9 Å². The summed E-state index contributed by atoms with van der Waals surface area (Å²) in [5.74, 6) is 1.93. The molecule has 2 rings (SSSR count). The molecule has 114 valence electrons. The van der Waals surface area contributed by atoms with Gasteiger partial charge in [-0.25, -0.2) is 4.79 Å². The van der Waals surface area contributed by atoms with Crippen LogP contribution in [0.4, 0.5) is 4.79 Å². The molecule has 0 radical (unpaired) electrons. The summed E-state index contributed by atoms with van der Waals surface area (Å²) >= 11 is 0. The number of amidine groups is 1. The number of nitrogens with two attached hydrogens (primary N) is 1. The molecule has 0 aliphatic carbocycles. The standard InChI is InChI=1S/C15H21N3O3/c1-9(2)8-18-13(14(16)17-15(18)19)11-6-5-10(20-3)7-12(11)21-4/h5-7,9,13H,8H2,1-4H3,(H2,16,17,19). The van der Waals surface area contributed by atoms with Gasteiger partial charge in [-0.1, -0.05) is 13.8 Å². The second kappa shape index (κ2) is 6.03. The fraction of sp³-hybridized carbons (Fsp3) is 0.467. The van der Waals surface area contributed by atoms with Crippen molar-refractivity contribution in [1.29, 1.82) is 0 Å². The monoisotopic (exact) mass is 291 g/mol. The summed E-state index contributed by atoms with van der Waals surface area (Å²) in [6, 6.07) is 4.77. The van der Waals surface area contributed by atoms with Gasteiger partial charge in [-0.15, -0.1) is 0 Å². The van der Waals surface area contributed by atoms with E-state index in [-0.39, 0.29) is 12.1 Å². The Morgan fingerprint density at radius 2 is 2.05 bits per heavy atom.